The molecule has 0 saturated carbocycles. The second-order valence-electron chi connectivity index (χ2n) is 6.28. The van der Waals surface area contributed by atoms with Gasteiger partial charge in [0.05, 0.1) is 16.7 Å². The van der Waals surface area contributed by atoms with Gasteiger partial charge in [-0.1, -0.05) is 12.1 Å². The van der Waals surface area contributed by atoms with Crippen molar-refractivity contribution in [3.8, 4) is 0 Å². The summed E-state index contributed by atoms with van der Waals surface area (Å²) in [6.45, 7) is 4.85. The monoisotopic (exact) mass is 343 g/mol. The van der Waals surface area contributed by atoms with Crippen LogP contribution in [0.4, 0.5) is 10.5 Å². The van der Waals surface area contributed by atoms with Crippen molar-refractivity contribution in [3.05, 3.63) is 56.9 Å². The number of nitrogens with one attached hydrogen (secondary N) is 2. The number of non-ortho nitro benzene ring substituents is 1. The minimum Gasteiger partial charge on any atom is -0.334 e. The third kappa shape index (κ3) is 3.47. The maximum Gasteiger partial charge on any atom is 0.318 e. The molecule has 3 rings (SSSR count). The number of benzene rings is 1. The minimum atomic E-state index is -0.438. The number of carbonyl (C=O) groups is 1. The van der Waals surface area contributed by atoms with E-state index in [1.54, 1.807) is 12.1 Å². The molecule has 2 heterocycles. The number of hydrogen-bond donors (Lipinski definition) is 2. The minimum absolute atomic E-state index is 0.0175. The smallest absolute Gasteiger partial charge is 0.318 e. The van der Waals surface area contributed by atoms with Crippen molar-refractivity contribution in [3.63, 3.8) is 0 Å². The Balaban J connectivity index is 1.68. The number of rotatable bonds is 4. The molecule has 1 fully saturated rings. The molecule has 132 valence electrons. The summed E-state index contributed by atoms with van der Waals surface area (Å²) in [5.74, 6) is 0. The second kappa shape index (κ2) is 6.92. The lowest BCUT2D eigenvalue weighted by atomic mass is 10.0. The first-order valence-corrected chi connectivity index (χ1v) is 8.26. The normalized spacial score (nSPS) is 16.9. The number of aromatic amines is 1. The average Bonchev–Trinajstić information content (AvgIpc) is 3.19. The highest BCUT2D eigenvalue weighted by Gasteiger charge is 2.32. The van der Waals surface area contributed by atoms with Crippen LogP contribution in [0.2, 0.25) is 0 Å². The van der Waals surface area contributed by atoms with E-state index in [2.05, 4.69) is 15.5 Å². The number of carbonyl (C=O) groups excluding carboxylic acids is 1. The quantitative estimate of drug-likeness (QED) is 0.658. The highest BCUT2D eigenvalue weighted by molar-refractivity contribution is 5.75. The number of amides is 2. The number of aryl methyl sites for hydroxylation is 2. The van der Waals surface area contributed by atoms with Crippen LogP contribution in [0.15, 0.2) is 24.3 Å². The Hall–Kier alpha value is -2.90. The van der Waals surface area contributed by atoms with Crippen molar-refractivity contribution >= 4 is 11.7 Å². The number of likely N-dealkylation sites (tertiary alicyclic amines) is 1. The van der Waals surface area contributed by atoms with Crippen LogP contribution >= 0.6 is 0 Å². The molecule has 1 atom stereocenters. The van der Waals surface area contributed by atoms with Gasteiger partial charge in [0, 0.05) is 36.5 Å². The molecule has 0 unspecified atom stereocenters. The number of nitro benzene ring substituents is 1. The average molecular weight is 343 g/mol. The number of urea groups is 1. The van der Waals surface area contributed by atoms with Gasteiger partial charge in [0.2, 0.25) is 0 Å². The predicted molar refractivity (Wildman–Crippen MR) is 92.1 cm³/mol. The molecule has 0 radical (unpaired) electrons. The molecule has 1 aliphatic heterocycles. The first-order chi connectivity index (χ1) is 12.0. The van der Waals surface area contributed by atoms with Gasteiger partial charge >= 0.3 is 6.03 Å². The summed E-state index contributed by atoms with van der Waals surface area (Å²) in [5.41, 5.74) is 3.72. The van der Waals surface area contributed by atoms with Gasteiger partial charge in [-0.05, 0) is 32.3 Å². The van der Waals surface area contributed by atoms with Gasteiger partial charge in [-0.3, -0.25) is 15.2 Å². The van der Waals surface area contributed by atoms with E-state index < -0.39 is 4.92 Å². The van der Waals surface area contributed by atoms with Gasteiger partial charge in [0.15, 0.2) is 0 Å². The highest BCUT2D eigenvalue weighted by atomic mass is 16.6. The lowest BCUT2D eigenvalue weighted by Crippen LogP contribution is -2.39. The fraction of sp³-hybridized carbons (Fsp3) is 0.412. The zero-order valence-electron chi connectivity index (χ0n) is 14.3. The van der Waals surface area contributed by atoms with Gasteiger partial charge in [0.25, 0.3) is 5.69 Å². The first kappa shape index (κ1) is 16.9. The van der Waals surface area contributed by atoms with E-state index in [4.69, 9.17) is 0 Å². The van der Waals surface area contributed by atoms with E-state index in [1.165, 1.54) is 12.1 Å². The van der Waals surface area contributed by atoms with Gasteiger partial charge in [-0.2, -0.15) is 5.10 Å². The molecular formula is C17H21N5O3. The van der Waals surface area contributed by atoms with E-state index >= 15 is 0 Å². The van der Waals surface area contributed by atoms with E-state index in [9.17, 15) is 14.9 Å². The van der Waals surface area contributed by atoms with Crippen molar-refractivity contribution in [2.24, 2.45) is 0 Å². The van der Waals surface area contributed by atoms with E-state index in [1.807, 2.05) is 18.7 Å². The molecule has 1 aromatic carbocycles. The molecule has 1 saturated heterocycles. The summed E-state index contributed by atoms with van der Waals surface area (Å²) in [4.78, 5) is 24.8. The molecule has 25 heavy (non-hydrogen) atoms. The summed E-state index contributed by atoms with van der Waals surface area (Å²) >= 11 is 0. The third-order valence-corrected chi connectivity index (χ3v) is 4.60. The molecule has 0 spiro atoms. The number of H-pyrrole nitrogens is 1. The molecule has 2 N–H and O–H groups in total. The van der Waals surface area contributed by atoms with E-state index in [-0.39, 0.29) is 24.3 Å². The Kier molecular flexibility index (Phi) is 4.69. The zero-order valence-corrected chi connectivity index (χ0v) is 14.3. The first-order valence-electron chi connectivity index (χ1n) is 8.26. The largest absolute Gasteiger partial charge is 0.334 e. The fourth-order valence-corrected chi connectivity index (χ4v) is 3.42. The molecule has 8 heteroatoms. The number of aromatic nitrogens is 2. The SMILES string of the molecule is Cc1n[nH]c(C)c1[C@H]1CCCN1C(=O)NCc1cccc([N+](=O)[O-])c1. The molecular weight excluding hydrogens is 322 g/mol. The van der Waals surface area contributed by atoms with E-state index in [0.717, 1.165) is 29.8 Å². The van der Waals surface area contributed by atoms with E-state index in [0.29, 0.717) is 12.1 Å². The van der Waals surface area contributed by atoms with Crippen LogP contribution in [0.1, 0.15) is 41.4 Å². The van der Waals surface area contributed by atoms with Crippen molar-refractivity contribution in [1.29, 1.82) is 0 Å². The molecule has 8 nitrogen and oxygen atoms in total. The molecule has 0 aliphatic carbocycles. The Bertz CT molecular complexity index is 782. The third-order valence-electron chi connectivity index (χ3n) is 4.60. The van der Waals surface area contributed by atoms with Crippen LogP contribution in [-0.4, -0.2) is 32.6 Å². The van der Waals surface area contributed by atoms with Crippen molar-refractivity contribution < 1.29 is 9.72 Å². The van der Waals surface area contributed by atoms with Crippen LogP contribution in [0.5, 0.6) is 0 Å². The van der Waals surface area contributed by atoms with Gasteiger partial charge in [-0.15, -0.1) is 0 Å². The van der Waals surface area contributed by atoms with Gasteiger partial charge in [-0.25, -0.2) is 4.79 Å². The van der Waals surface area contributed by atoms with Crippen molar-refractivity contribution in [2.75, 3.05) is 6.54 Å². The molecule has 2 aromatic rings. The summed E-state index contributed by atoms with van der Waals surface area (Å²) in [7, 11) is 0. The summed E-state index contributed by atoms with van der Waals surface area (Å²) in [5, 5.41) is 20.9. The Labute approximate surface area is 145 Å². The standard InChI is InChI=1S/C17H21N5O3/c1-11-16(12(2)20-19-11)15-7-4-8-21(15)17(23)18-10-13-5-3-6-14(9-13)22(24)25/h3,5-6,9,15H,4,7-8,10H2,1-2H3,(H,18,23)(H,19,20)/t15-/m1/s1. The summed E-state index contributed by atoms with van der Waals surface area (Å²) in [6, 6.07) is 6.16. The van der Waals surface area contributed by atoms with Crippen LogP contribution in [0, 0.1) is 24.0 Å². The molecule has 1 aliphatic rings. The summed E-state index contributed by atoms with van der Waals surface area (Å²) in [6.07, 6.45) is 1.85. The molecule has 0 bridgehead atoms. The second-order valence-corrected chi connectivity index (χ2v) is 6.28. The number of hydrogen-bond acceptors (Lipinski definition) is 4. The highest BCUT2D eigenvalue weighted by Crippen LogP contribution is 2.34. The maximum atomic E-state index is 12.6. The molecule has 1 aromatic heterocycles. The van der Waals surface area contributed by atoms with Gasteiger partial charge in [0.1, 0.15) is 0 Å². The lowest BCUT2D eigenvalue weighted by Gasteiger charge is -2.25. The fourth-order valence-electron chi connectivity index (χ4n) is 3.42. The van der Waals surface area contributed by atoms with Gasteiger partial charge < -0.3 is 10.2 Å². The Morgan fingerprint density at radius 2 is 2.28 bits per heavy atom. The van der Waals surface area contributed by atoms with Crippen molar-refractivity contribution in [2.45, 2.75) is 39.3 Å². The lowest BCUT2D eigenvalue weighted by molar-refractivity contribution is -0.384. The topological polar surface area (TPSA) is 104 Å². The van der Waals surface area contributed by atoms with Crippen LogP contribution in [-0.2, 0) is 6.54 Å². The number of nitrogens with zero attached hydrogens (tertiary/aromatic N) is 3. The van der Waals surface area contributed by atoms with Crippen LogP contribution < -0.4 is 5.32 Å². The Morgan fingerprint density at radius 1 is 1.48 bits per heavy atom. The van der Waals surface area contributed by atoms with Crippen LogP contribution in [0.25, 0.3) is 0 Å². The number of nitro groups is 1. The Morgan fingerprint density at radius 3 is 2.96 bits per heavy atom. The molecule has 2 amide bonds. The summed E-state index contributed by atoms with van der Waals surface area (Å²) < 4.78 is 0. The van der Waals surface area contributed by atoms with Crippen LogP contribution in [0.3, 0.4) is 0 Å². The maximum absolute atomic E-state index is 12.6. The predicted octanol–water partition coefficient (Wildman–Crippen LogP) is 2.98. The van der Waals surface area contributed by atoms with Crippen molar-refractivity contribution in [1.82, 2.24) is 20.4 Å². The zero-order chi connectivity index (χ0) is 18.0.